The van der Waals surface area contributed by atoms with E-state index in [-0.39, 0.29) is 34.7 Å². The highest BCUT2D eigenvalue weighted by atomic mass is 32.1. The van der Waals surface area contributed by atoms with Crippen molar-refractivity contribution in [1.82, 2.24) is 4.98 Å². The molecule has 0 radical (unpaired) electrons. The highest BCUT2D eigenvalue weighted by Crippen LogP contribution is 2.30. The summed E-state index contributed by atoms with van der Waals surface area (Å²) in [5, 5.41) is 12.8. The van der Waals surface area contributed by atoms with Crippen molar-refractivity contribution in [2.45, 2.75) is 27.2 Å². The van der Waals surface area contributed by atoms with E-state index in [0.717, 1.165) is 5.01 Å². The van der Waals surface area contributed by atoms with Crippen LogP contribution in [0.4, 0.5) is 0 Å². The summed E-state index contributed by atoms with van der Waals surface area (Å²) in [6.07, 6.45) is 0.561. The third kappa shape index (κ3) is 3.02. The van der Waals surface area contributed by atoms with E-state index in [1.165, 1.54) is 17.4 Å². The summed E-state index contributed by atoms with van der Waals surface area (Å²) in [4.78, 5) is 29.7. The molecule has 0 aliphatic rings. The minimum absolute atomic E-state index is 0.0187. The zero-order valence-corrected chi connectivity index (χ0v) is 14.9. The molecule has 25 heavy (non-hydrogen) atoms. The van der Waals surface area contributed by atoms with Gasteiger partial charge < -0.3 is 14.3 Å². The number of ether oxygens (including phenoxy) is 1. The number of hydrogen-bond acceptors (Lipinski definition) is 7. The Morgan fingerprint density at radius 3 is 2.72 bits per heavy atom. The molecular weight excluding hydrogens is 342 g/mol. The molecule has 1 aromatic carbocycles. The fourth-order valence-electron chi connectivity index (χ4n) is 2.61. The first-order valence-electron chi connectivity index (χ1n) is 7.88. The van der Waals surface area contributed by atoms with E-state index in [4.69, 9.17) is 9.15 Å². The quantitative estimate of drug-likeness (QED) is 0.715. The van der Waals surface area contributed by atoms with Gasteiger partial charge in [0.15, 0.2) is 0 Å². The molecule has 0 bridgehead atoms. The van der Waals surface area contributed by atoms with Gasteiger partial charge in [0.05, 0.1) is 28.3 Å². The maximum Gasteiger partial charge on any atom is 0.375 e. The summed E-state index contributed by atoms with van der Waals surface area (Å²) in [6.45, 7) is 5.51. The van der Waals surface area contributed by atoms with E-state index in [2.05, 4.69) is 4.98 Å². The molecule has 3 rings (SSSR count). The molecule has 6 nitrogen and oxygen atoms in total. The smallest absolute Gasteiger partial charge is 0.375 e. The fourth-order valence-corrected chi connectivity index (χ4v) is 3.21. The second-order valence-electron chi connectivity index (χ2n) is 5.44. The fraction of sp³-hybridized carbons (Fsp3) is 0.278. The van der Waals surface area contributed by atoms with Crippen LogP contribution in [-0.4, -0.2) is 22.7 Å². The van der Waals surface area contributed by atoms with Gasteiger partial charge in [-0.25, -0.2) is 9.78 Å². The Labute approximate surface area is 147 Å². The van der Waals surface area contributed by atoms with Crippen LogP contribution in [0.5, 0.6) is 5.75 Å². The lowest BCUT2D eigenvalue weighted by Crippen LogP contribution is -2.15. The minimum Gasteiger partial charge on any atom is -0.508 e. The van der Waals surface area contributed by atoms with Gasteiger partial charge in [0.25, 0.3) is 0 Å². The van der Waals surface area contributed by atoms with Crippen LogP contribution in [0.3, 0.4) is 0 Å². The number of benzene rings is 1. The van der Waals surface area contributed by atoms with Gasteiger partial charge in [-0.1, -0.05) is 6.92 Å². The van der Waals surface area contributed by atoms with Gasteiger partial charge in [0, 0.05) is 11.4 Å². The van der Waals surface area contributed by atoms with Crippen LogP contribution >= 0.6 is 11.3 Å². The Morgan fingerprint density at radius 1 is 1.36 bits per heavy atom. The van der Waals surface area contributed by atoms with Crippen molar-refractivity contribution in [2.75, 3.05) is 6.61 Å². The van der Waals surface area contributed by atoms with Crippen LogP contribution in [0.15, 0.2) is 26.7 Å². The van der Waals surface area contributed by atoms with Crippen molar-refractivity contribution in [2.24, 2.45) is 0 Å². The number of esters is 1. The highest BCUT2D eigenvalue weighted by Gasteiger charge is 2.25. The van der Waals surface area contributed by atoms with Crippen molar-refractivity contribution in [3.05, 3.63) is 44.1 Å². The number of aromatic nitrogens is 1. The lowest BCUT2D eigenvalue weighted by molar-refractivity contribution is 0.0492. The van der Waals surface area contributed by atoms with E-state index in [9.17, 15) is 14.7 Å². The molecule has 0 spiro atoms. The molecule has 0 saturated carbocycles. The average molecular weight is 359 g/mol. The Kier molecular flexibility index (Phi) is 4.59. The predicted octanol–water partition coefficient (Wildman–Crippen LogP) is 3.67. The van der Waals surface area contributed by atoms with E-state index < -0.39 is 5.97 Å². The van der Waals surface area contributed by atoms with Gasteiger partial charge >= 0.3 is 5.97 Å². The molecule has 1 N–H and O–H groups in total. The largest absolute Gasteiger partial charge is 0.508 e. The standard InChI is InChI=1S/C18H17NO5S/c1-4-10-6-11-14(7-13(10)20)24-17(18(22)23-5-2)15(16(11)21)12-8-25-9(3)19-12/h6-8,20H,4-5H2,1-3H3. The van der Waals surface area contributed by atoms with E-state index in [0.29, 0.717) is 23.1 Å². The Hall–Kier alpha value is -2.67. The van der Waals surface area contributed by atoms with Crippen LogP contribution in [-0.2, 0) is 11.2 Å². The molecule has 0 unspecified atom stereocenters. The Bertz CT molecular complexity index is 1020. The zero-order valence-electron chi connectivity index (χ0n) is 14.1. The second-order valence-corrected chi connectivity index (χ2v) is 6.50. The number of thiazole rings is 1. The number of aryl methyl sites for hydroxylation is 2. The normalized spacial score (nSPS) is 11.0. The average Bonchev–Trinajstić information content (AvgIpc) is 3.00. The van der Waals surface area contributed by atoms with Crippen LogP contribution in [0.25, 0.3) is 22.2 Å². The van der Waals surface area contributed by atoms with E-state index in [1.807, 2.05) is 13.8 Å². The van der Waals surface area contributed by atoms with E-state index in [1.54, 1.807) is 18.4 Å². The van der Waals surface area contributed by atoms with Crippen LogP contribution in [0, 0.1) is 6.92 Å². The molecule has 0 aliphatic carbocycles. The number of fused-ring (bicyclic) bond motifs is 1. The first kappa shape index (κ1) is 17.2. The van der Waals surface area contributed by atoms with Crippen molar-refractivity contribution in [3.8, 4) is 17.0 Å². The maximum atomic E-state index is 13.1. The minimum atomic E-state index is -0.735. The van der Waals surface area contributed by atoms with Crippen molar-refractivity contribution in [3.63, 3.8) is 0 Å². The topological polar surface area (TPSA) is 89.6 Å². The van der Waals surface area contributed by atoms with Crippen LogP contribution < -0.4 is 5.43 Å². The molecule has 0 aliphatic heterocycles. The summed E-state index contributed by atoms with van der Waals surface area (Å²) in [5.41, 5.74) is 0.863. The molecule has 2 aromatic heterocycles. The number of phenols is 1. The molecule has 0 amide bonds. The third-order valence-electron chi connectivity index (χ3n) is 3.81. The molecular formula is C18H17NO5S. The van der Waals surface area contributed by atoms with Crippen molar-refractivity contribution in [1.29, 1.82) is 0 Å². The highest BCUT2D eigenvalue weighted by molar-refractivity contribution is 7.09. The monoisotopic (exact) mass is 359 g/mol. The molecule has 0 atom stereocenters. The molecule has 2 heterocycles. The number of nitrogens with zero attached hydrogens (tertiary/aromatic N) is 1. The molecule has 3 aromatic rings. The van der Waals surface area contributed by atoms with E-state index >= 15 is 0 Å². The SMILES string of the molecule is CCOC(=O)c1oc2cc(O)c(CC)cc2c(=O)c1-c1csc(C)n1. The van der Waals surface area contributed by atoms with Gasteiger partial charge in [-0.05, 0) is 31.9 Å². The summed E-state index contributed by atoms with van der Waals surface area (Å²) in [5.74, 6) is -0.917. The predicted molar refractivity (Wildman–Crippen MR) is 95.3 cm³/mol. The molecule has 130 valence electrons. The first-order valence-corrected chi connectivity index (χ1v) is 8.76. The number of hydrogen-bond donors (Lipinski definition) is 1. The number of carbonyl (C=O) groups is 1. The summed E-state index contributed by atoms with van der Waals surface area (Å²) < 4.78 is 10.7. The van der Waals surface area contributed by atoms with Gasteiger partial charge in [0.2, 0.25) is 11.2 Å². The summed E-state index contributed by atoms with van der Waals surface area (Å²) in [6, 6.07) is 2.95. The molecule has 0 saturated heterocycles. The van der Waals surface area contributed by atoms with Gasteiger partial charge in [-0.15, -0.1) is 11.3 Å². The summed E-state index contributed by atoms with van der Waals surface area (Å²) in [7, 11) is 0. The van der Waals surface area contributed by atoms with Gasteiger partial charge in [-0.2, -0.15) is 0 Å². The van der Waals surface area contributed by atoms with Crippen LogP contribution in [0.1, 0.15) is 35.0 Å². The maximum absolute atomic E-state index is 13.1. The van der Waals surface area contributed by atoms with Crippen molar-refractivity contribution < 1.29 is 19.1 Å². The van der Waals surface area contributed by atoms with Crippen LogP contribution in [0.2, 0.25) is 0 Å². The number of carbonyl (C=O) groups excluding carboxylic acids is 1. The van der Waals surface area contributed by atoms with Gasteiger partial charge in [0.1, 0.15) is 11.3 Å². The third-order valence-corrected chi connectivity index (χ3v) is 4.58. The first-order chi connectivity index (χ1) is 12.0. The molecule has 0 fully saturated rings. The Morgan fingerprint density at radius 2 is 2.12 bits per heavy atom. The second kappa shape index (κ2) is 6.68. The lowest BCUT2D eigenvalue weighted by atomic mass is 10.0. The Balaban J connectivity index is 2.38. The lowest BCUT2D eigenvalue weighted by Gasteiger charge is -2.09. The number of rotatable bonds is 4. The molecule has 7 heteroatoms. The summed E-state index contributed by atoms with van der Waals surface area (Å²) >= 11 is 1.37. The zero-order chi connectivity index (χ0) is 18.1. The van der Waals surface area contributed by atoms with Crippen molar-refractivity contribution >= 4 is 28.3 Å². The number of aromatic hydroxyl groups is 1. The number of phenolic OH excluding ortho intramolecular Hbond substituents is 1. The van der Waals surface area contributed by atoms with Gasteiger partial charge in [-0.3, -0.25) is 4.79 Å².